The van der Waals surface area contributed by atoms with Crippen LogP contribution >= 0.6 is 0 Å². The quantitative estimate of drug-likeness (QED) is 0.832. The number of hydrogen-bond acceptors (Lipinski definition) is 3. The van der Waals surface area contributed by atoms with Gasteiger partial charge in [0, 0.05) is 43.5 Å². The summed E-state index contributed by atoms with van der Waals surface area (Å²) in [4.78, 5) is 17.0. The Morgan fingerprint density at radius 2 is 1.88 bits per heavy atom. The van der Waals surface area contributed by atoms with Crippen molar-refractivity contribution in [2.75, 3.05) is 31.1 Å². The summed E-state index contributed by atoms with van der Waals surface area (Å²) >= 11 is 0. The number of nitrogens with two attached hydrogens (primary N) is 1. The van der Waals surface area contributed by atoms with Gasteiger partial charge in [0.1, 0.15) is 0 Å². The van der Waals surface area contributed by atoms with Crippen LogP contribution < -0.4 is 10.6 Å². The number of carbonyl (C=O) groups is 1. The van der Waals surface area contributed by atoms with Gasteiger partial charge in [-0.25, -0.2) is 0 Å². The second kappa shape index (κ2) is 9.07. The molecule has 1 atom stereocenters. The Labute approximate surface area is 147 Å². The van der Waals surface area contributed by atoms with Crippen LogP contribution in [0.1, 0.15) is 56.8 Å². The molecule has 24 heavy (non-hydrogen) atoms. The fourth-order valence-corrected chi connectivity index (χ4v) is 3.44. The highest BCUT2D eigenvalue weighted by atomic mass is 16.2. The summed E-state index contributed by atoms with van der Waals surface area (Å²) in [5, 5.41) is 0. The van der Waals surface area contributed by atoms with Gasteiger partial charge in [0.05, 0.1) is 0 Å². The number of rotatable bonds is 7. The summed E-state index contributed by atoms with van der Waals surface area (Å²) in [5.41, 5.74) is 7.99. The minimum absolute atomic E-state index is 0.154. The second-order valence-electron chi connectivity index (χ2n) is 6.97. The first kappa shape index (κ1) is 18.8. The van der Waals surface area contributed by atoms with E-state index < -0.39 is 0 Å². The molecule has 0 saturated carbocycles. The van der Waals surface area contributed by atoms with E-state index in [-0.39, 0.29) is 11.9 Å². The topological polar surface area (TPSA) is 49.6 Å². The molecule has 0 spiro atoms. The summed E-state index contributed by atoms with van der Waals surface area (Å²) < 4.78 is 0. The summed E-state index contributed by atoms with van der Waals surface area (Å²) in [6.07, 6.45) is 4.43. The lowest BCUT2D eigenvalue weighted by Crippen LogP contribution is -2.42. The Bertz CT molecular complexity index is 504. The Kier molecular flexibility index (Phi) is 7.10. The van der Waals surface area contributed by atoms with Crippen molar-refractivity contribution in [1.29, 1.82) is 0 Å². The van der Waals surface area contributed by atoms with Gasteiger partial charge >= 0.3 is 0 Å². The van der Waals surface area contributed by atoms with Crippen LogP contribution in [0.4, 0.5) is 5.69 Å². The molecule has 2 N–H and O–H groups in total. The lowest BCUT2D eigenvalue weighted by atomic mass is 9.90. The van der Waals surface area contributed by atoms with Crippen LogP contribution in [-0.4, -0.2) is 43.0 Å². The van der Waals surface area contributed by atoms with E-state index in [0.29, 0.717) is 5.92 Å². The molecule has 1 saturated heterocycles. The van der Waals surface area contributed by atoms with Gasteiger partial charge in [0.25, 0.3) is 5.91 Å². The van der Waals surface area contributed by atoms with Crippen molar-refractivity contribution in [3.05, 3.63) is 29.8 Å². The summed E-state index contributed by atoms with van der Waals surface area (Å²) in [6, 6.07) is 8.35. The van der Waals surface area contributed by atoms with E-state index in [1.165, 1.54) is 18.5 Å². The molecule has 1 heterocycles. The number of amides is 1. The summed E-state index contributed by atoms with van der Waals surface area (Å²) in [6.45, 7) is 10.2. The average Bonchev–Trinajstić information content (AvgIpc) is 2.62. The molecule has 1 aromatic rings. The number of anilines is 1. The summed E-state index contributed by atoms with van der Waals surface area (Å²) in [5.74, 6) is 0.703. The molecule has 0 aromatic heterocycles. The Hall–Kier alpha value is -1.55. The molecule has 1 aromatic carbocycles. The number of likely N-dealkylation sites (tertiary alicyclic amines) is 1. The maximum absolute atomic E-state index is 12.7. The van der Waals surface area contributed by atoms with Gasteiger partial charge in [-0.1, -0.05) is 13.3 Å². The van der Waals surface area contributed by atoms with E-state index in [2.05, 4.69) is 37.8 Å². The largest absolute Gasteiger partial charge is 0.372 e. The van der Waals surface area contributed by atoms with Gasteiger partial charge in [-0.05, 0) is 63.3 Å². The van der Waals surface area contributed by atoms with Gasteiger partial charge in [-0.15, -0.1) is 0 Å². The molecule has 134 valence electrons. The molecule has 1 unspecified atom stereocenters. The van der Waals surface area contributed by atoms with E-state index in [0.717, 1.165) is 44.6 Å². The fraction of sp³-hybridized carbons (Fsp3) is 0.650. The maximum Gasteiger partial charge on any atom is 0.253 e. The van der Waals surface area contributed by atoms with Crippen LogP contribution in [-0.2, 0) is 0 Å². The van der Waals surface area contributed by atoms with Crippen LogP contribution in [0.25, 0.3) is 0 Å². The highest BCUT2D eigenvalue weighted by molar-refractivity contribution is 5.94. The predicted octanol–water partition coefficient (Wildman–Crippen LogP) is 3.51. The van der Waals surface area contributed by atoms with Crippen LogP contribution in [0.3, 0.4) is 0 Å². The van der Waals surface area contributed by atoms with Crippen molar-refractivity contribution in [1.82, 2.24) is 4.90 Å². The second-order valence-corrected chi connectivity index (χ2v) is 6.97. The zero-order valence-electron chi connectivity index (χ0n) is 15.5. The van der Waals surface area contributed by atoms with Crippen molar-refractivity contribution >= 4 is 11.6 Å². The van der Waals surface area contributed by atoms with Crippen LogP contribution in [0.2, 0.25) is 0 Å². The SMILES string of the molecule is CCCCN(CC)c1ccc(C(=O)N2CCC(C(C)N)CC2)cc1. The lowest BCUT2D eigenvalue weighted by molar-refractivity contribution is 0.0681. The number of carbonyl (C=O) groups excluding carboxylic acids is 1. The Morgan fingerprint density at radius 3 is 2.38 bits per heavy atom. The zero-order chi connectivity index (χ0) is 17.5. The zero-order valence-corrected chi connectivity index (χ0v) is 15.5. The molecular formula is C20H33N3O. The van der Waals surface area contributed by atoms with Crippen molar-refractivity contribution in [3.63, 3.8) is 0 Å². The van der Waals surface area contributed by atoms with Crippen LogP contribution in [0.15, 0.2) is 24.3 Å². The van der Waals surface area contributed by atoms with Crippen molar-refractivity contribution in [3.8, 4) is 0 Å². The number of nitrogens with zero attached hydrogens (tertiary/aromatic N) is 2. The van der Waals surface area contributed by atoms with E-state index in [4.69, 9.17) is 5.73 Å². The molecule has 1 fully saturated rings. The molecule has 2 rings (SSSR count). The van der Waals surface area contributed by atoms with Crippen LogP contribution in [0.5, 0.6) is 0 Å². The third-order valence-electron chi connectivity index (χ3n) is 5.21. The molecule has 1 amide bonds. The third kappa shape index (κ3) is 4.73. The molecule has 4 heteroatoms. The van der Waals surface area contributed by atoms with E-state index in [9.17, 15) is 4.79 Å². The molecule has 0 bridgehead atoms. The standard InChI is InChI=1S/C20H33N3O/c1-4-6-13-22(5-2)19-9-7-18(8-10-19)20(24)23-14-11-17(12-15-23)16(3)21/h7-10,16-17H,4-6,11-15,21H2,1-3H3. The fourth-order valence-electron chi connectivity index (χ4n) is 3.44. The Morgan fingerprint density at radius 1 is 1.25 bits per heavy atom. The van der Waals surface area contributed by atoms with Gasteiger partial charge in [0.2, 0.25) is 0 Å². The van der Waals surface area contributed by atoms with Crippen molar-refractivity contribution in [2.24, 2.45) is 11.7 Å². The molecule has 0 radical (unpaired) electrons. The minimum atomic E-state index is 0.154. The third-order valence-corrected chi connectivity index (χ3v) is 5.21. The Balaban J connectivity index is 1.96. The smallest absolute Gasteiger partial charge is 0.253 e. The highest BCUT2D eigenvalue weighted by Crippen LogP contribution is 2.22. The molecule has 4 nitrogen and oxygen atoms in total. The normalized spacial score (nSPS) is 16.9. The first-order chi connectivity index (χ1) is 11.6. The van der Waals surface area contributed by atoms with E-state index in [1.807, 2.05) is 17.0 Å². The highest BCUT2D eigenvalue weighted by Gasteiger charge is 2.25. The van der Waals surface area contributed by atoms with Gasteiger partial charge in [-0.3, -0.25) is 4.79 Å². The van der Waals surface area contributed by atoms with E-state index >= 15 is 0 Å². The van der Waals surface area contributed by atoms with E-state index in [1.54, 1.807) is 0 Å². The first-order valence-corrected chi connectivity index (χ1v) is 9.46. The molecular weight excluding hydrogens is 298 g/mol. The van der Waals surface area contributed by atoms with Crippen molar-refractivity contribution in [2.45, 2.75) is 52.5 Å². The minimum Gasteiger partial charge on any atom is -0.372 e. The first-order valence-electron chi connectivity index (χ1n) is 9.46. The van der Waals surface area contributed by atoms with Gasteiger partial charge < -0.3 is 15.5 Å². The number of unbranched alkanes of at least 4 members (excludes halogenated alkanes) is 1. The molecule has 0 aliphatic carbocycles. The average molecular weight is 332 g/mol. The number of benzene rings is 1. The number of piperidine rings is 1. The van der Waals surface area contributed by atoms with Gasteiger partial charge in [-0.2, -0.15) is 0 Å². The molecule has 1 aliphatic heterocycles. The predicted molar refractivity (Wildman–Crippen MR) is 102 cm³/mol. The molecule has 1 aliphatic rings. The lowest BCUT2D eigenvalue weighted by Gasteiger charge is -2.33. The van der Waals surface area contributed by atoms with Gasteiger partial charge in [0.15, 0.2) is 0 Å². The van der Waals surface area contributed by atoms with Crippen molar-refractivity contribution < 1.29 is 4.79 Å². The monoisotopic (exact) mass is 331 g/mol. The van der Waals surface area contributed by atoms with Crippen LogP contribution in [0, 0.1) is 5.92 Å². The summed E-state index contributed by atoms with van der Waals surface area (Å²) in [7, 11) is 0. The number of hydrogen-bond donors (Lipinski definition) is 1. The maximum atomic E-state index is 12.7.